The molecule has 0 bridgehead atoms. The van der Waals surface area contributed by atoms with Gasteiger partial charge >= 0.3 is 11.9 Å². The van der Waals surface area contributed by atoms with Crippen molar-refractivity contribution in [1.29, 1.82) is 0 Å². The molecule has 0 N–H and O–H groups in total. The Labute approximate surface area is 160 Å². The van der Waals surface area contributed by atoms with E-state index in [2.05, 4.69) is 6.92 Å². The van der Waals surface area contributed by atoms with Crippen LogP contribution in [-0.2, 0) is 23.8 Å². The van der Waals surface area contributed by atoms with Crippen LogP contribution in [0.3, 0.4) is 0 Å². The Bertz CT molecular complexity index is 343. The van der Waals surface area contributed by atoms with Gasteiger partial charge in [0, 0.05) is 0 Å². The summed E-state index contributed by atoms with van der Waals surface area (Å²) in [5.74, 6) is -0.520. The normalized spacial score (nSPS) is 12.0. The van der Waals surface area contributed by atoms with Crippen LogP contribution in [-0.4, -0.2) is 38.4 Å². The summed E-state index contributed by atoms with van der Waals surface area (Å²) in [5.41, 5.74) is 0. The molecule has 0 aromatic heterocycles. The van der Waals surface area contributed by atoms with E-state index in [1.54, 1.807) is 0 Å². The highest BCUT2D eigenvalue weighted by atomic mass is 16.6. The lowest BCUT2D eigenvalue weighted by molar-refractivity contribution is -0.156. The van der Waals surface area contributed by atoms with E-state index in [0.717, 1.165) is 19.3 Å². The molecule has 1 atom stereocenters. The first-order valence-electron chi connectivity index (χ1n) is 10.5. The quantitative estimate of drug-likeness (QED) is 0.249. The second-order valence-electron chi connectivity index (χ2n) is 7.09. The van der Waals surface area contributed by atoms with Gasteiger partial charge in [-0.1, -0.05) is 85.0 Å². The van der Waals surface area contributed by atoms with Crippen molar-refractivity contribution in [2.45, 2.75) is 91.4 Å². The van der Waals surface area contributed by atoms with Gasteiger partial charge in [-0.25, -0.2) is 9.59 Å². The number of hydrogen-bond acceptors (Lipinski definition) is 5. The predicted octanol–water partition coefficient (Wildman–Crippen LogP) is 5.06. The second kappa shape index (κ2) is 18.7. The molecular formula is C21H40O5. The van der Waals surface area contributed by atoms with E-state index in [4.69, 9.17) is 14.2 Å². The fraction of sp³-hybridized carbons (Fsp3) is 0.905. The Morgan fingerprint density at radius 1 is 0.731 bits per heavy atom. The molecule has 0 radical (unpaired) electrons. The minimum Gasteiger partial charge on any atom is -0.464 e. The molecule has 0 fully saturated rings. The van der Waals surface area contributed by atoms with Crippen molar-refractivity contribution < 1.29 is 23.8 Å². The van der Waals surface area contributed by atoms with E-state index in [9.17, 15) is 9.59 Å². The van der Waals surface area contributed by atoms with Crippen LogP contribution in [0.15, 0.2) is 0 Å². The smallest absolute Gasteiger partial charge is 0.332 e. The van der Waals surface area contributed by atoms with Gasteiger partial charge in [0.2, 0.25) is 0 Å². The molecule has 0 aromatic carbocycles. The molecule has 0 spiro atoms. The number of hydrogen-bond donors (Lipinski definition) is 0. The molecular weight excluding hydrogens is 332 g/mol. The van der Waals surface area contributed by atoms with Crippen molar-refractivity contribution in [2.24, 2.45) is 5.92 Å². The average Bonchev–Trinajstić information content (AvgIpc) is 2.64. The van der Waals surface area contributed by atoms with Gasteiger partial charge in [0.25, 0.3) is 0 Å². The van der Waals surface area contributed by atoms with Crippen molar-refractivity contribution in [3.63, 3.8) is 0 Å². The molecule has 154 valence electrons. The van der Waals surface area contributed by atoms with Gasteiger partial charge in [0.15, 0.2) is 0 Å². The van der Waals surface area contributed by atoms with Crippen molar-refractivity contribution in [3.05, 3.63) is 0 Å². The highest BCUT2D eigenvalue weighted by Gasteiger charge is 2.08. The molecule has 0 saturated carbocycles. The Balaban J connectivity index is 3.33. The molecule has 0 aliphatic heterocycles. The molecule has 0 amide bonds. The Kier molecular flexibility index (Phi) is 17.9. The maximum Gasteiger partial charge on any atom is 0.332 e. The zero-order chi connectivity index (χ0) is 19.5. The summed E-state index contributed by atoms with van der Waals surface area (Å²) in [6.45, 7) is 6.71. The lowest BCUT2D eigenvalue weighted by Gasteiger charge is -2.09. The summed E-state index contributed by atoms with van der Waals surface area (Å²) in [7, 11) is 0. The van der Waals surface area contributed by atoms with Crippen LogP contribution >= 0.6 is 0 Å². The summed E-state index contributed by atoms with van der Waals surface area (Å²) in [4.78, 5) is 22.9. The molecule has 1 unspecified atom stereocenters. The Morgan fingerprint density at radius 2 is 1.23 bits per heavy atom. The summed E-state index contributed by atoms with van der Waals surface area (Å²) in [6, 6.07) is 0. The standard InChI is InChI=1S/C21H40O5/c1-4-6-7-8-9-10-11-12-13-14-15-25-20(22)17-24-18-21(23)26-16-19(3)5-2/h19H,4-18H2,1-3H3. The summed E-state index contributed by atoms with van der Waals surface area (Å²) in [5, 5.41) is 0. The first-order chi connectivity index (χ1) is 12.6. The highest BCUT2D eigenvalue weighted by Crippen LogP contribution is 2.10. The van der Waals surface area contributed by atoms with E-state index in [-0.39, 0.29) is 13.2 Å². The molecule has 0 rings (SSSR count). The van der Waals surface area contributed by atoms with Gasteiger partial charge in [-0.05, 0) is 12.3 Å². The minimum absolute atomic E-state index is 0.198. The first kappa shape index (κ1) is 24.9. The number of esters is 2. The lowest BCUT2D eigenvalue weighted by atomic mass is 10.1. The van der Waals surface area contributed by atoms with Crippen LogP contribution in [0.2, 0.25) is 0 Å². The third-order valence-electron chi connectivity index (χ3n) is 4.43. The molecule has 0 aliphatic rings. The Morgan fingerprint density at radius 3 is 1.77 bits per heavy atom. The number of unbranched alkanes of at least 4 members (excludes halogenated alkanes) is 9. The predicted molar refractivity (Wildman–Crippen MR) is 104 cm³/mol. The van der Waals surface area contributed by atoms with Gasteiger partial charge in [-0.3, -0.25) is 0 Å². The second-order valence-corrected chi connectivity index (χ2v) is 7.09. The van der Waals surface area contributed by atoms with Crippen molar-refractivity contribution in [1.82, 2.24) is 0 Å². The van der Waals surface area contributed by atoms with Crippen LogP contribution in [0.4, 0.5) is 0 Å². The molecule has 5 nitrogen and oxygen atoms in total. The monoisotopic (exact) mass is 372 g/mol. The first-order valence-corrected chi connectivity index (χ1v) is 10.5. The number of ether oxygens (including phenoxy) is 3. The fourth-order valence-corrected chi connectivity index (χ4v) is 2.43. The SMILES string of the molecule is CCCCCCCCCCCCOC(=O)COCC(=O)OCC(C)CC. The molecule has 26 heavy (non-hydrogen) atoms. The zero-order valence-corrected chi connectivity index (χ0v) is 17.2. The van der Waals surface area contributed by atoms with Crippen LogP contribution in [0.25, 0.3) is 0 Å². The molecule has 5 heteroatoms. The van der Waals surface area contributed by atoms with E-state index >= 15 is 0 Å². The van der Waals surface area contributed by atoms with Crippen LogP contribution in [0, 0.1) is 5.92 Å². The average molecular weight is 373 g/mol. The topological polar surface area (TPSA) is 61.8 Å². The molecule has 0 saturated heterocycles. The summed E-state index contributed by atoms with van der Waals surface area (Å²) in [6.07, 6.45) is 13.4. The highest BCUT2D eigenvalue weighted by molar-refractivity contribution is 5.73. The van der Waals surface area contributed by atoms with Gasteiger partial charge in [0.1, 0.15) is 13.2 Å². The summed E-state index contributed by atoms with van der Waals surface area (Å²) >= 11 is 0. The van der Waals surface area contributed by atoms with E-state index in [1.807, 2.05) is 13.8 Å². The van der Waals surface area contributed by atoms with Crippen molar-refractivity contribution >= 4 is 11.9 Å². The molecule has 0 aromatic rings. The number of carbonyl (C=O) groups excluding carboxylic acids is 2. The van der Waals surface area contributed by atoms with Crippen molar-refractivity contribution in [3.8, 4) is 0 Å². The fourth-order valence-electron chi connectivity index (χ4n) is 2.43. The third kappa shape index (κ3) is 17.7. The van der Waals surface area contributed by atoms with Crippen LogP contribution in [0.5, 0.6) is 0 Å². The third-order valence-corrected chi connectivity index (χ3v) is 4.43. The minimum atomic E-state index is -0.437. The molecule has 0 heterocycles. The van der Waals surface area contributed by atoms with Gasteiger partial charge in [0.05, 0.1) is 13.2 Å². The van der Waals surface area contributed by atoms with Gasteiger partial charge in [-0.15, -0.1) is 0 Å². The summed E-state index contributed by atoms with van der Waals surface area (Å²) < 4.78 is 15.2. The Hall–Kier alpha value is -1.10. The van der Waals surface area contributed by atoms with Gasteiger partial charge in [-0.2, -0.15) is 0 Å². The maximum absolute atomic E-state index is 11.5. The number of carbonyl (C=O) groups is 2. The van der Waals surface area contributed by atoms with Gasteiger partial charge < -0.3 is 14.2 Å². The number of rotatable bonds is 18. The van der Waals surface area contributed by atoms with E-state index < -0.39 is 11.9 Å². The zero-order valence-electron chi connectivity index (χ0n) is 17.2. The molecule has 0 aliphatic carbocycles. The van der Waals surface area contributed by atoms with Crippen LogP contribution in [0.1, 0.15) is 91.4 Å². The van der Waals surface area contributed by atoms with E-state index in [0.29, 0.717) is 19.1 Å². The maximum atomic E-state index is 11.5. The largest absolute Gasteiger partial charge is 0.464 e. The van der Waals surface area contributed by atoms with E-state index in [1.165, 1.54) is 51.4 Å². The van der Waals surface area contributed by atoms with Crippen LogP contribution < -0.4 is 0 Å². The lowest BCUT2D eigenvalue weighted by Crippen LogP contribution is -2.20. The van der Waals surface area contributed by atoms with Crippen molar-refractivity contribution in [2.75, 3.05) is 26.4 Å².